The zero-order chi connectivity index (χ0) is 34.7. The van der Waals surface area contributed by atoms with Crippen molar-refractivity contribution in [3.05, 3.63) is 86.4 Å². The molecule has 254 valence electrons. The number of nitrogens with one attached hydrogen (secondary N) is 4. The number of fused-ring (bicyclic) bond motifs is 1. The molecule has 1 aliphatic heterocycles. The number of rotatable bonds is 10. The molecule has 2 amide bonds. The van der Waals surface area contributed by atoms with Crippen molar-refractivity contribution in [1.82, 2.24) is 15.1 Å². The van der Waals surface area contributed by atoms with Crippen molar-refractivity contribution in [1.29, 1.82) is 0 Å². The van der Waals surface area contributed by atoms with Gasteiger partial charge >= 0.3 is 6.09 Å². The van der Waals surface area contributed by atoms with E-state index in [9.17, 15) is 27.6 Å². The standard InChI is InChI=1S/C33H37N5O9S/c1-18(2)48(43,44)28-13-10-21(35-33(42)47-5)17-24(28)25-7-6-14-38(25)32(41)29(19-8-12-26(45-3)27(15-19)46-4)34-20-9-11-22-23(16-20)31(40)37-36-30(22)39/h8-13,15-18,25,29,34H,6-7,14H2,1-5H3,(H,35,42)(H,36,39)(H,37,40)/t25-,29+/m0/s1. The van der Waals surface area contributed by atoms with E-state index in [0.717, 1.165) is 0 Å². The molecule has 48 heavy (non-hydrogen) atoms. The van der Waals surface area contributed by atoms with Crippen LogP contribution >= 0.6 is 0 Å². The van der Waals surface area contributed by atoms with Gasteiger partial charge in [0.2, 0.25) is 5.91 Å². The number of amides is 2. The predicted molar refractivity (Wildman–Crippen MR) is 180 cm³/mol. The average molecular weight is 680 g/mol. The van der Waals surface area contributed by atoms with Crippen LogP contribution in [0.3, 0.4) is 0 Å². The number of ether oxygens (including phenoxy) is 3. The van der Waals surface area contributed by atoms with Crippen molar-refractivity contribution in [3.63, 3.8) is 0 Å². The molecule has 0 aliphatic carbocycles. The Kier molecular flexibility index (Phi) is 9.79. The number of likely N-dealkylation sites (tertiary alicyclic amines) is 1. The van der Waals surface area contributed by atoms with Crippen LogP contribution in [-0.4, -0.2) is 68.6 Å². The van der Waals surface area contributed by atoms with Gasteiger partial charge in [-0.2, -0.15) is 0 Å². The highest BCUT2D eigenvalue weighted by Crippen LogP contribution is 2.41. The van der Waals surface area contributed by atoms with E-state index in [1.807, 2.05) is 0 Å². The molecule has 1 fully saturated rings. The van der Waals surface area contributed by atoms with Crippen LogP contribution in [0, 0.1) is 0 Å². The van der Waals surface area contributed by atoms with Crippen LogP contribution in [0.5, 0.6) is 11.5 Å². The smallest absolute Gasteiger partial charge is 0.411 e. The number of H-pyrrole nitrogens is 2. The van der Waals surface area contributed by atoms with Gasteiger partial charge in [0.25, 0.3) is 11.1 Å². The monoisotopic (exact) mass is 679 g/mol. The Hall–Kier alpha value is -5.31. The predicted octanol–water partition coefficient (Wildman–Crippen LogP) is 4.11. The number of sulfone groups is 1. The number of hydrogen-bond donors (Lipinski definition) is 4. The lowest BCUT2D eigenvalue weighted by Crippen LogP contribution is -2.38. The number of nitrogens with zero attached hydrogens (tertiary/aromatic N) is 1. The minimum atomic E-state index is -3.80. The lowest BCUT2D eigenvalue weighted by molar-refractivity contribution is -0.133. The molecule has 5 rings (SSSR count). The molecule has 1 saturated heterocycles. The SMILES string of the molecule is COC(=O)Nc1ccc(S(=O)(=O)C(C)C)c([C@@H]2CCCN2C(=O)[C@H](Nc2ccc3c(=O)[nH][nH]c(=O)c3c2)c2ccc(OC)c(OC)c2)c1. The van der Waals surface area contributed by atoms with Gasteiger partial charge in [-0.3, -0.25) is 29.9 Å². The first-order chi connectivity index (χ1) is 22.9. The second-order valence-electron chi connectivity index (χ2n) is 11.5. The van der Waals surface area contributed by atoms with Crippen LogP contribution in [-0.2, 0) is 19.4 Å². The van der Waals surface area contributed by atoms with E-state index in [4.69, 9.17) is 14.2 Å². The molecule has 2 heterocycles. The van der Waals surface area contributed by atoms with Crippen molar-refractivity contribution in [2.45, 2.75) is 48.9 Å². The quantitative estimate of drug-likeness (QED) is 0.190. The Morgan fingerprint density at radius 3 is 2.23 bits per heavy atom. The van der Waals surface area contributed by atoms with Crippen LogP contribution in [0.2, 0.25) is 0 Å². The molecule has 1 aromatic heterocycles. The van der Waals surface area contributed by atoms with E-state index in [-0.39, 0.29) is 21.6 Å². The van der Waals surface area contributed by atoms with E-state index in [2.05, 4.69) is 20.8 Å². The molecule has 2 atom stereocenters. The number of carbonyl (C=O) groups excluding carboxylic acids is 2. The zero-order valence-corrected chi connectivity index (χ0v) is 27.9. The second-order valence-corrected chi connectivity index (χ2v) is 14.0. The molecule has 0 spiro atoms. The van der Waals surface area contributed by atoms with Crippen molar-refractivity contribution in [2.24, 2.45) is 0 Å². The van der Waals surface area contributed by atoms with Crippen molar-refractivity contribution in [2.75, 3.05) is 38.5 Å². The fourth-order valence-electron chi connectivity index (χ4n) is 5.84. The Bertz CT molecular complexity index is 2090. The first-order valence-electron chi connectivity index (χ1n) is 15.2. The summed E-state index contributed by atoms with van der Waals surface area (Å²) in [7, 11) is 0.386. The number of carbonyl (C=O) groups is 2. The summed E-state index contributed by atoms with van der Waals surface area (Å²) in [6, 6.07) is 12.4. The molecule has 15 heteroatoms. The largest absolute Gasteiger partial charge is 0.493 e. The fraction of sp³-hybridized carbons (Fsp3) is 0.333. The Morgan fingerprint density at radius 2 is 1.56 bits per heavy atom. The summed E-state index contributed by atoms with van der Waals surface area (Å²) in [5, 5.41) is 9.98. The number of methoxy groups -OCH3 is 3. The third-order valence-corrected chi connectivity index (χ3v) is 10.6. The number of hydrogen-bond acceptors (Lipinski definition) is 10. The van der Waals surface area contributed by atoms with Crippen LogP contribution in [0.1, 0.15) is 49.9 Å². The lowest BCUT2D eigenvalue weighted by atomic mass is 10.0. The maximum atomic E-state index is 14.7. The third-order valence-electron chi connectivity index (χ3n) is 8.36. The lowest BCUT2D eigenvalue weighted by Gasteiger charge is -2.32. The van der Waals surface area contributed by atoms with Gasteiger partial charge < -0.3 is 24.4 Å². The summed E-state index contributed by atoms with van der Waals surface area (Å²) < 4.78 is 42.8. The number of aromatic amines is 2. The summed E-state index contributed by atoms with van der Waals surface area (Å²) >= 11 is 0. The Labute approximate surface area is 276 Å². The van der Waals surface area contributed by atoms with E-state index >= 15 is 0 Å². The van der Waals surface area contributed by atoms with Gasteiger partial charge in [-0.25, -0.2) is 13.2 Å². The molecule has 0 bridgehead atoms. The Morgan fingerprint density at radius 1 is 0.875 bits per heavy atom. The molecule has 3 aromatic carbocycles. The van der Waals surface area contributed by atoms with Gasteiger partial charge in [0, 0.05) is 17.9 Å². The Balaban J connectivity index is 1.62. The maximum Gasteiger partial charge on any atom is 0.411 e. The normalized spacial score (nSPS) is 15.3. The summed E-state index contributed by atoms with van der Waals surface area (Å²) in [6.07, 6.45) is 0.313. The highest BCUT2D eigenvalue weighted by Gasteiger charge is 2.38. The number of aromatic nitrogens is 2. The van der Waals surface area contributed by atoms with Crippen LogP contribution in [0.25, 0.3) is 10.8 Å². The van der Waals surface area contributed by atoms with Gasteiger partial charge in [0.15, 0.2) is 21.3 Å². The topological polar surface area (TPSA) is 189 Å². The van der Waals surface area contributed by atoms with Crippen molar-refractivity contribution < 1.29 is 32.2 Å². The number of benzene rings is 3. The van der Waals surface area contributed by atoms with Gasteiger partial charge in [0.05, 0.1) is 48.3 Å². The summed E-state index contributed by atoms with van der Waals surface area (Å²) in [5.41, 5.74) is 0.575. The summed E-state index contributed by atoms with van der Waals surface area (Å²) in [6.45, 7) is 3.48. The molecular formula is C33H37N5O9S. The second kappa shape index (κ2) is 13.8. The first-order valence-corrected chi connectivity index (χ1v) is 16.7. The average Bonchev–Trinajstić information content (AvgIpc) is 3.58. The van der Waals surface area contributed by atoms with Crippen LogP contribution < -0.4 is 31.2 Å². The van der Waals surface area contributed by atoms with E-state index in [1.165, 1.54) is 45.6 Å². The minimum absolute atomic E-state index is 0.0622. The first kappa shape index (κ1) is 34.0. The van der Waals surface area contributed by atoms with Gasteiger partial charge in [-0.15, -0.1) is 0 Å². The molecule has 0 saturated carbocycles. The minimum Gasteiger partial charge on any atom is -0.493 e. The van der Waals surface area contributed by atoms with Gasteiger partial charge in [0.1, 0.15) is 6.04 Å². The van der Waals surface area contributed by atoms with Gasteiger partial charge in [-0.05, 0) is 86.3 Å². The van der Waals surface area contributed by atoms with Crippen LogP contribution in [0.15, 0.2) is 69.1 Å². The summed E-state index contributed by atoms with van der Waals surface area (Å²) in [5.74, 6) is 0.436. The number of anilines is 2. The van der Waals surface area contributed by atoms with Crippen molar-refractivity contribution >= 4 is 44.0 Å². The molecule has 0 radical (unpaired) electrons. The summed E-state index contributed by atoms with van der Waals surface area (Å²) in [4.78, 5) is 53.3. The zero-order valence-electron chi connectivity index (χ0n) is 27.1. The molecule has 0 unspecified atom stereocenters. The molecule has 1 aliphatic rings. The van der Waals surface area contributed by atoms with Crippen LogP contribution in [0.4, 0.5) is 16.2 Å². The molecular weight excluding hydrogens is 642 g/mol. The third kappa shape index (κ3) is 6.58. The highest BCUT2D eigenvalue weighted by atomic mass is 32.2. The molecule has 14 nitrogen and oxygen atoms in total. The highest BCUT2D eigenvalue weighted by molar-refractivity contribution is 7.92. The van der Waals surface area contributed by atoms with E-state index < -0.39 is 44.4 Å². The maximum absolute atomic E-state index is 14.7. The molecule has 4 aromatic rings. The van der Waals surface area contributed by atoms with Crippen molar-refractivity contribution in [3.8, 4) is 11.5 Å². The van der Waals surface area contributed by atoms with Gasteiger partial charge in [-0.1, -0.05) is 6.07 Å². The van der Waals surface area contributed by atoms with E-state index in [0.29, 0.717) is 53.4 Å². The molecule has 4 N–H and O–H groups in total. The fourth-order valence-corrected chi connectivity index (χ4v) is 7.13. The van der Waals surface area contributed by atoms with E-state index in [1.54, 1.807) is 49.1 Å².